The lowest BCUT2D eigenvalue weighted by Crippen LogP contribution is -3.16. The maximum atomic E-state index is 12.6. The van der Waals surface area contributed by atoms with Crippen LogP contribution in [0.15, 0.2) is 42.5 Å². The van der Waals surface area contributed by atoms with Gasteiger partial charge in [0, 0.05) is 11.3 Å². The number of para-hydroxylation sites is 1. The van der Waals surface area contributed by atoms with Crippen molar-refractivity contribution in [1.82, 2.24) is 5.32 Å². The summed E-state index contributed by atoms with van der Waals surface area (Å²) in [6.45, 7) is 8.45. The lowest BCUT2D eigenvalue weighted by Gasteiger charge is -2.34. The largest absolute Gasteiger partial charge is 0.497 e. The van der Waals surface area contributed by atoms with Gasteiger partial charge in [0.25, 0.3) is 5.91 Å². The maximum Gasteiger partial charge on any atom is 0.275 e. The van der Waals surface area contributed by atoms with Gasteiger partial charge >= 0.3 is 0 Å². The number of piperazine rings is 1. The van der Waals surface area contributed by atoms with Crippen LogP contribution in [0.3, 0.4) is 0 Å². The molecule has 156 valence electrons. The van der Waals surface area contributed by atoms with Crippen LogP contribution in [-0.4, -0.2) is 52.9 Å². The van der Waals surface area contributed by atoms with Gasteiger partial charge in [-0.3, -0.25) is 4.79 Å². The first-order valence-electron chi connectivity index (χ1n) is 10.2. The van der Waals surface area contributed by atoms with Gasteiger partial charge in [-0.05, 0) is 43.7 Å². The smallest absolute Gasteiger partial charge is 0.275 e. The highest BCUT2D eigenvalue weighted by Crippen LogP contribution is 2.29. The van der Waals surface area contributed by atoms with Crippen molar-refractivity contribution in [3.05, 3.63) is 53.6 Å². The van der Waals surface area contributed by atoms with E-state index in [1.54, 1.807) is 14.2 Å². The first-order valence-corrected chi connectivity index (χ1v) is 10.2. The number of hydrogen-bond acceptors (Lipinski definition) is 4. The van der Waals surface area contributed by atoms with E-state index in [0.29, 0.717) is 6.54 Å². The molecule has 3 rings (SSSR count). The van der Waals surface area contributed by atoms with Crippen LogP contribution >= 0.6 is 0 Å². The minimum atomic E-state index is -0.153. The molecule has 0 aromatic heterocycles. The Morgan fingerprint density at radius 2 is 1.86 bits per heavy atom. The average molecular weight is 399 g/mol. The molecule has 0 aliphatic carbocycles. The molecule has 0 unspecified atom stereocenters. The lowest BCUT2D eigenvalue weighted by molar-refractivity contribution is -0.892. The van der Waals surface area contributed by atoms with Crippen molar-refractivity contribution >= 4 is 11.6 Å². The van der Waals surface area contributed by atoms with E-state index in [9.17, 15) is 4.79 Å². The predicted octanol–water partition coefficient (Wildman–Crippen LogP) is 1.59. The minimum absolute atomic E-state index is 0.0571. The molecule has 1 saturated heterocycles. The predicted molar refractivity (Wildman–Crippen MR) is 115 cm³/mol. The van der Waals surface area contributed by atoms with Crippen LogP contribution in [0.25, 0.3) is 0 Å². The van der Waals surface area contributed by atoms with Gasteiger partial charge in [0.2, 0.25) is 0 Å². The molecule has 2 aromatic carbocycles. The van der Waals surface area contributed by atoms with Crippen LogP contribution in [0.5, 0.6) is 11.5 Å². The monoisotopic (exact) mass is 398 g/mol. The number of quaternary nitrogens is 1. The highest BCUT2D eigenvalue weighted by atomic mass is 16.5. The van der Waals surface area contributed by atoms with Crippen LogP contribution in [0, 0.1) is 6.92 Å². The molecule has 1 aliphatic rings. The molecule has 0 radical (unpaired) electrons. The number of amides is 1. The number of nitrogens with one attached hydrogen (secondary N) is 2. The van der Waals surface area contributed by atoms with E-state index in [1.807, 2.05) is 25.1 Å². The number of ether oxygens (including phenoxy) is 2. The lowest BCUT2D eigenvalue weighted by atomic mass is 10.1. The van der Waals surface area contributed by atoms with Crippen LogP contribution in [-0.2, 0) is 4.79 Å². The van der Waals surface area contributed by atoms with Crippen LogP contribution < -0.4 is 24.6 Å². The Morgan fingerprint density at radius 1 is 1.14 bits per heavy atom. The number of anilines is 1. The van der Waals surface area contributed by atoms with Gasteiger partial charge in [-0.25, -0.2) is 0 Å². The minimum Gasteiger partial charge on any atom is -0.497 e. The fourth-order valence-corrected chi connectivity index (χ4v) is 3.93. The number of rotatable bonds is 7. The number of benzene rings is 2. The topological polar surface area (TPSA) is 55.2 Å². The molecular weight excluding hydrogens is 366 g/mol. The zero-order valence-electron chi connectivity index (χ0n) is 17.8. The molecule has 1 amide bonds. The van der Waals surface area contributed by atoms with Gasteiger partial charge < -0.3 is 24.6 Å². The fourth-order valence-electron chi connectivity index (χ4n) is 3.93. The first-order chi connectivity index (χ1) is 14.0. The van der Waals surface area contributed by atoms with E-state index in [4.69, 9.17) is 9.47 Å². The molecule has 0 spiro atoms. The van der Waals surface area contributed by atoms with Crippen molar-refractivity contribution in [2.45, 2.75) is 19.9 Å². The highest BCUT2D eigenvalue weighted by molar-refractivity contribution is 5.77. The van der Waals surface area contributed by atoms with Crippen LogP contribution in [0.4, 0.5) is 5.69 Å². The van der Waals surface area contributed by atoms with Crippen LogP contribution in [0.2, 0.25) is 0 Å². The number of methoxy groups -OCH3 is 2. The Kier molecular flexibility index (Phi) is 6.99. The molecule has 1 fully saturated rings. The first kappa shape index (κ1) is 21.0. The number of aryl methyl sites for hydroxylation is 1. The number of hydrogen-bond donors (Lipinski definition) is 2. The normalized spacial score (nSPS) is 15.7. The van der Waals surface area contributed by atoms with E-state index in [0.717, 1.165) is 43.2 Å². The summed E-state index contributed by atoms with van der Waals surface area (Å²) in [5.41, 5.74) is 3.52. The highest BCUT2D eigenvalue weighted by Gasteiger charge is 2.24. The Labute approximate surface area is 173 Å². The Hall–Kier alpha value is -2.73. The van der Waals surface area contributed by atoms with E-state index in [2.05, 4.69) is 41.4 Å². The van der Waals surface area contributed by atoms with Gasteiger partial charge in [-0.1, -0.05) is 18.2 Å². The van der Waals surface area contributed by atoms with Crippen molar-refractivity contribution in [2.24, 2.45) is 0 Å². The molecule has 0 bridgehead atoms. The van der Waals surface area contributed by atoms with E-state index < -0.39 is 0 Å². The molecule has 0 saturated carbocycles. The molecule has 1 aliphatic heterocycles. The average Bonchev–Trinajstić information content (AvgIpc) is 2.74. The molecule has 2 N–H and O–H groups in total. The van der Waals surface area contributed by atoms with Gasteiger partial charge in [-0.2, -0.15) is 0 Å². The van der Waals surface area contributed by atoms with Gasteiger partial charge in [0.1, 0.15) is 11.5 Å². The second-order valence-corrected chi connectivity index (χ2v) is 7.60. The summed E-state index contributed by atoms with van der Waals surface area (Å²) in [4.78, 5) is 16.4. The zero-order valence-corrected chi connectivity index (χ0v) is 17.8. The van der Waals surface area contributed by atoms with E-state index in [1.165, 1.54) is 16.2 Å². The molecule has 6 nitrogen and oxygen atoms in total. The summed E-state index contributed by atoms with van der Waals surface area (Å²) in [5, 5.41) is 3.11. The molecular formula is C23H32N3O3+. The quantitative estimate of drug-likeness (QED) is 0.744. The summed E-state index contributed by atoms with van der Waals surface area (Å²) in [6, 6.07) is 14.0. The SMILES string of the molecule is COc1ccc(OC)c([C@H](C)NC(=O)C[NH+]2CCN(c3ccccc3C)CC2)c1. The molecule has 6 heteroatoms. The Balaban J connectivity index is 1.53. The van der Waals surface area contributed by atoms with Crippen LogP contribution in [0.1, 0.15) is 24.1 Å². The third-order valence-electron chi connectivity index (χ3n) is 5.62. The van der Waals surface area contributed by atoms with Crippen molar-refractivity contribution in [2.75, 3.05) is 51.8 Å². The van der Waals surface area contributed by atoms with Crippen molar-refractivity contribution in [1.29, 1.82) is 0 Å². The summed E-state index contributed by atoms with van der Waals surface area (Å²) in [5.74, 6) is 1.55. The van der Waals surface area contributed by atoms with Gasteiger partial charge in [-0.15, -0.1) is 0 Å². The third kappa shape index (κ3) is 5.21. The summed E-state index contributed by atoms with van der Waals surface area (Å²) < 4.78 is 10.8. The van der Waals surface area contributed by atoms with E-state index in [-0.39, 0.29) is 11.9 Å². The van der Waals surface area contributed by atoms with Gasteiger partial charge in [0.15, 0.2) is 6.54 Å². The maximum absolute atomic E-state index is 12.6. The zero-order chi connectivity index (χ0) is 20.8. The summed E-state index contributed by atoms with van der Waals surface area (Å²) in [6.07, 6.45) is 0. The Morgan fingerprint density at radius 3 is 2.52 bits per heavy atom. The van der Waals surface area contributed by atoms with Gasteiger partial charge in [0.05, 0.1) is 46.4 Å². The number of nitrogens with zero attached hydrogens (tertiary/aromatic N) is 1. The summed E-state index contributed by atoms with van der Waals surface area (Å²) in [7, 11) is 3.27. The molecule has 1 atom stereocenters. The fraction of sp³-hybridized carbons (Fsp3) is 0.435. The second kappa shape index (κ2) is 9.65. The summed E-state index contributed by atoms with van der Waals surface area (Å²) >= 11 is 0. The molecule has 2 aromatic rings. The van der Waals surface area contributed by atoms with Crippen molar-refractivity contribution < 1.29 is 19.2 Å². The molecule has 29 heavy (non-hydrogen) atoms. The second-order valence-electron chi connectivity index (χ2n) is 7.60. The standard InChI is InChI=1S/C23H31N3O3/c1-17-7-5-6-8-21(17)26-13-11-25(12-14-26)16-23(27)24-18(2)20-15-19(28-3)9-10-22(20)29-4/h5-10,15,18H,11-14,16H2,1-4H3,(H,24,27)/p+1/t18-/m0/s1. The van der Waals surface area contributed by atoms with Crippen molar-refractivity contribution in [3.63, 3.8) is 0 Å². The third-order valence-corrected chi connectivity index (χ3v) is 5.62. The molecule has 1 heterocycles. The van der Waals surface area contributed by atoms with E-state index >= 15 is 0 Å². The number of carbonyl (C=O) groups is 1. The Bertz CT molecular complexity index is 832. The van der Waals surface area contributed by atoms with Crippen molar-refractivity contribution in [3.8, 4) is 11.5 Å². The number of carbonyl (C=O) groups excluding carboxylic acids is 1.